The van der Waals surface area contributed by atoms with Gasteiger partial charge in [-0.05, 0) is 80.8 Å². The zero-order valence-electron chi connectivity index (χ0n) is 24.2. The molecule has 220 valence electrons. The largest absolute Gasteiger partial charge is 0.462 e. The number of carbonyl (C=O) groups is 2. The van der Waals surface area contributed by atoms with Gasteiger partial charge < -0.3 is 29.2 Å². The van der Waals surface area contributed by atoms with Crippen LogP contribution in [0.4, 0.5) is 0 Å². The highest BCUT2D eigenvalue weighted by atomic mass is 16.7. The highest BCUT2D eigenvalue weighted by Gasteiger charge is 2.77. The van der Waals surface area contributed by atoms with Crippen LogP contribution >= 0.6 is 0 Å². The molecule has 4 saturated carbocycles. The third kappa shape index (κ3) is 3.85. The highest BCUT2D eigenvalue weighted by Crippen LogP contribution is 2.71. The average Bonchev–Trinajstić information content (AvgIpc) is 3.47. The van der Waals surface area contributed by atoms with Gasteiger partial charge in [0, 0.05) is 19.8 Å². The molecule has 1 aromatic carbocycles. The molecule has 5 aliphatic rings. The first-order valence-corrected chi connectivity index (χ1v) is 15.0. The van der Waals surface area contributed by atoms with E-state index in [9.17, 15) is 19.8 Å². The normalized spacial score (nSPS) is 44.2. The van der Waals surface area contributed by atoms with Crippen LogP contribution in [0.2, 0.25) is 0 Å². The molecule has 0 amide bonds. The van der Waals surface area contributed by atoms with Gasteiger partial charge in [0.1, 0.15) is 17.8 Å². The standard InChI is InChI=1S/C32H44O8/c1-20(39-27(34)22-8-6-5-7-9-22)31(35)14-15-32(36)24-11-10-23-19-30(37-16-17-38-30)13-12-28(23,3)25(24)18-26(29(31,32)4)40-21(2)33/h5-9,20,23-26,35-36H,10-19H2,1-4H3/t20?,23?,24-,25+,26?,28+,29-,31+,32-/m1/s1. The quantitative estimate of drug-likeness (QED) is 0.525. The summed E-state index contributed by atoms with van der Waals surface area (Å²) >= 11 is 0. The molecule has 2 N–H and O–H groups in total. The Labute approximate surface area is 236 Å². The van der Waals surface area contributed by atoms with Crippen molar-refractivity contribution in [2.45, 2.75) is 108 Å². The monoisotopic (exact) mass is 556 g/mol. The second-order valence-corrected chi connectivity index (χ2v) is 13.6. The van der Waals surface area contributed by atoms with E-state index in [1.54, 1.807) is 31.2 Å². The van der Waals surface area contributed by atoms with E-state index in [0.717, 1.165) is 32.1 Å². The maximum absolute atomic E-state index is 13.0. The van der Waals surface area contributed by atoms with Crippen LogP contribution in [0.25, 0.3) is 0 Å². The minimum atomic E-state index is -1.59. The van der Waals surface area contributed by atoms with Crippen molar-refractivity contribution in [2.24, 2.45) is 28.6 Å². The molecule has 8 heteroatoms. The summed E-state index contributed by atoms with van der Waals surface area (Å²) in [6, 6.07) is 8.70. The number of hydrogen-bond donors (Lipinski definition) is 2. The van der Waals surface area contributed by atoms with E-state index in [0.29, 0.717) is 37.5 Å². The molecule has 1 saturated heterocycles. The first kappa shape index (κ1) is 28.1. The molecule has 0 radical (unpaired) electrons. The third-order valence-corrected chi connectivity index (χ3v) is 12.2. The summed E-state index contributed by atoms with van der Waals surface area (Å²) in [5.41, 5.74) is -3.78. The van der Waals surface area contributed by atoms with Crippen molar-refractivity contribution in [3.63, 3.8) is 0 Å². The molecule has 1 heterocycles. The summed E-state index contributed by atoms with van der Waals surface area (Å²) in [5, 5.41) is 25.2. The molecule has 0 bridgehead atoms. The van der Waals surface area contributed by atoms with Gasteiger partial charge in [-0.3, -0.25) is 4.79 Å². The van der Waals surface area contributed by atoms with Crippen molar-refractivity contribution < 1.29 is 38.7 Å². The molecule has 1 aromatic rings. The van der Waals surface area contributed by atoms with E-state index in [1.165, 1.54) is 6.92 Å². The van der Waals surface area contributed by atoms with Gasteiger partial charge >= 0.3 is 11.9 Å². The molecule has 5 fully saturated rings. The number of rotatable bonds is 4. The Morgan fingerprint density at radius 3 is 2.35 bits per heavy atom. The maximum atomic E-state index is 13.0. The van der Waals surface area contributed by atoms with Crippen molar-refractivity contribution in [3.05, 3.63) is 35.9 Å². The van der Waals surface area contributed by atoms with Gasteiger partial charge in [-0.25, -0.2) is 4.79 Å². The lowest BCUT2D eigenvalue weighted by Gasteiger charge is -2.66. The number of fused-ring (bicyclic) bond motifs is 5. The zero-order valence-corrected chi connectivity index (χ0v) is 24.2. The third-order valence-electron chi connectivity index (χ3n) is 12.2. The molecule has 9 atom stereocenters. The van der Waals surface area contributed by atoms with Gasteiger partial charge in [-0.15, -0.1) is 0 Å². The van der Waals surface area contributed by atoms with Crippen LogP contribution < -0.4 is 0 Å². The van der Waals surface area contributed by atoms with Crippen LogP contribution in [0.15, 0.2) is 30.3 Å². The topological polar surface area (TPSA) is 112 Å². The molecule has 6 rings (SSSR count). The Morgan fingerprint density at radius 2 is 1.68 bits per heavy atom. The van der Waals surface area contributed by atoms with Crippen LogP contribution in [0.1, 0.15) is 89.4 Å². The molecule has 40 heavy (non-hydrogen) atoms. The Kier molecular flexibility index (Phi) is 6.69. The van der Waals surface area contributed by atoms with Gasteiger partial charge in [0.25, 0.3) is 0 Å². The Morgan fingerprint density at radius 1 is 0.975 bits per heavy atom. The van der Waals surface area contributed by atoms with Gasteiger partial charge in [-0.1, -0.05) is 32.0 Å². The minimum Gasteiger partial charge on any atom is -0.462 e. The first-order chi connectivity index (χ1) is 18.9. The number of ether oxygens (including phenoxy) is 4. The van der Waals surface area contributed by atoms with E-state index < -0.39 is 46.6 Å². The Balaban J connectivity index is 1.33. The van der Waals surface area contributed by atoms with Gasteiger partial charge in [0.05, 0.1) is 29.8 Å². The smallest absolute Gasteiger partial charge is 0.338 e. The lowest BCUT2D eigenvalue weighted by atomic mass is 9.42. The highest BCUT2D eigenvalue weighted by molar-refractivity contribution is 5.89. The van der Waals surface area contributed by atoms with E-state index in [-0.39, 0.29) is 23.7 Å². The lowest BCUT2D eigenvalue weighted by Crippen LogP contribution is -2.72. The number of benzene rings is 1. The van der Waals surface area contributed by atoms with E-state index in [4.69, 9.17) is 18.9 Å². The van der Waals surface area contributed by atoms with E-state index in [2.05, 4.69) is 6.92 Å². The fourth-order valence-corrected chi connectivity index (χ4v) is 9.86. The molecule has 3 unspecified atom stereocenters. The number of esters is 2. The molecule has 1 aliphatic heterocycles. The van der Waals surface area contributed by atoms with Gasteiger partial charge in [0.2, 0.25) is 0 Å². The number of carbonyl (C=O) groups excluding carboxylic acids is 2. The molecule has 8 nitrogen and oxygen atoms in total. The molecular formula is C32H44O8. The Hall–Kier alpha value is -2.00. The van der Waals surface area contributed by atoms with Gasteiger partial charge in [-0.2, -0.15) is 0 Å². The molecule has 1 spiro atoms. The van der Waals surface area contributed by atoms with E-state index >= 15 is 0 Å². The summed E-state index contributed by atoms with van der Waals surface area (Å²) in [6.07, 6.45) is 3.82. The van der Waals surface area contributed by atoms with Crippen molar-refractivity contribution in [3.8, 4) is 0 Å². The second-order valence-electron chi connectivity index (χ2n) is 13.6. The summed E-state index contributed by atoms with van der Waals surface area (Å²) in [4.78, 5) is 25.5. The van der Waals surface area contributed by atoms with Crippen LogP contribution in [0.3, 0.4) is 0 Å². The average molecular weight is 557 g/mol. The van der Waals surface area contributed by atoms with Crippen molar-refractivity contribution in [1.29, 1.82) is 0 Å². The fourth-order valence-electron chi connectivity index (χ4n) is 9.86. The summed E-state index contributed by atoms with van der Waals surface area (Å²) in [5.74, 6) is -1.05. The van der Waals surface area contributed by atoms with Crippen molar-refractivity contribution in [2.75, 3.05) is 13.2 Å². The van der Waals surface area contributed by atoms with E-state index in [1.807, 2.05) is 13.0 Å². The van der Waals surface area contributed by atoms with Crippen molar-refractivity contribution in [1.82, 2.24) is 0 Å². The number of hydrogen-bond acceptors (Lipinski definition) is 8. The maximum Gasteiger partial charge on any atom is 0.338 e. The predicted octanol–water partition coefficient (Wildman–Crippen LogP) is 4.41. The molecule has 4 aliphatic carbocycles. The Bertz CT molecular complexity index is 1150. The SMILES string of the molecule is CC(=O)OC1C[C@H]2[C@@H](CCC3CC4(CC[C@@]32C)OCCO4)[C@]2(O)CC[C@](O)(C(C)OC(=O)c3ccccc3)[C@@]12C. The first-order valence-electron chi connectivity index (χ1n) is 15.0. The summed E-state index contributed by atoms with van der Waals surface area (Å²) in [7, 11) is 0. The predicted molar refractivity (Wildman–Crippen MR) is 145 cm³/mol. The number of aliphatic hydroxyl groups is 2. The fraction of sp³-hybridized carbons (Fsp3) is 0.750. The lowest BCUT2D eigenvalue weighted by molar-refractivity contribution is -0.296. The van der Waals surface area contributed by atoms with Crippen LogP contribution in [-0.4, -0.2) is 64.6 Å². The molecular weight excluding hydrogens is 512 g/mol. The van der Waals surface area contributed by atoms with Crippen LogP contribution in [0.5, 0.6) is 0 Å². The molecule has 0 aromatic heterocycles. The van der Waals surface area contributed by atoms with Crippen LogP contribution in [-0.2, 0) is 23.7 Å². The zero-order chi connectivity index (χ0) is 28.6. The summed E-state index contributed by atoms with van der Waals surface area (Å²) in [6.45, 7) is 8.52. The van der Waals surface area contributed by atoms with Gasteiger partial charge in [0.15, 0.2) is 5.79 Å². The minimum absolute atomic E-state index is 0.0731. The second kappa shape index (κ2) is 9.51. The summed E-state index contributed by atoms with van der Waals surface area (Å²) < 4.78 is 24.1. The van der Waals surface area contributed by atoms with Crippen molar-refractivity contribution >= 4 is 11.9 Å². The van der Waals surface area contributed by atoms with Crippen LogP contribution in [0, 0.1) is 28.6 Å².